The van der Waals surface area contributed by atoms with Crippen molar-refractivity contribution in [2.24, 2.45) is 10.4 Å². The Kier molecular flexibility index (Phi) is 5.49. The Morgan fingerprint density at radius 2 is 1.79 bits per heavy atom. The number of thiazole rings is 1. The Labute approximate surface area is 207 Å². The summed E-state index contributed by atoms with van der Waals surface area (Å²) in [6, 6.07) is 13.1. The van der Waals surface area contributed by atoms with Gasteiger partial charge in [-0.2, -0.15) is 0 Å². The third-order valence-corrected chi connectivity index (χ3v) is 7.59. The zero-order valence-electron chi connectivity index (χ0n) is 18.4. The van der Waals surface area contributed by atoms with Gasteiger partial charge in [-0.05, 0) is 53.3 Å². The average Bonchev–Trinajstić information content (AvgIpc) is 3.07. The molecule has 2 heterocycles. The molecule has 0 spiro atoms. The van der Waals surface area contributed by atoms with Crippen LogP contribution in [0.15, 0.2) is 74.1 Å². The van der Waals surface area contributed by atoms with Crippen molar-refractivity contribution in [2.45, 2.75) is 32.7 Å². The number of aromatic nitrogens is 1. The molecule has 0 bridgehead atoms. The molecule has 1 aromatic heterocycles. The van der Waals surface area contributed by atoms with E-state index in [1.165, 1.54) is 23.5 Å². The summed E-state index contributed by atoms with van der Waals surface area (Å²) in [4.78, 5) is 42.7. The highest BCUT2D eigenvalue weighted by Gasteiger charge is 2.40. The van der Waals surface area contributed by atoms with Gasteiger partial charge in [0.2, 0.25) is 0 Å². The van der Waals surface area contributed by atoms with Crippen LogP contribution in [0.5, 0.6) is 0 Å². The minimum absolute atomic E-state index is 0.0114. The van der Waals surface area contributed by atoms with Gasteiger partial charge in [-0.25, -0.2) is 4.99 Å². The molecule has 5 rings (SSSR count). The molecule has 1 aliphatic heterocycles. The number of non-ortho nitro benzene ring substituents is 1. The number of carbonyl (C=O) groups excluding carboxylic acids is 1. The second-order valence-electron chi connectivity index (χ2n) is 9.28. The van der Waals surface area contributed by atoms with Gasteiger partial charge in [-0.15, -0.1) is 0 Å². The van der Waals surface area contributed by atoms with Crippen LogP contribution < -0.4 is 14.9 Å². The van der Waals surface area contributed by atoms with E-state index in [4.69, 9.17) is 4.99 Å². The number of nitrogens with zero attached hydrogens (tertiary/aromatic N) is 3. The highest BCUT2D eigenvalue weighted by Crippen LogP contribution is 2.43. The number of rotatable bonds is 3. The first-order chi connectivity index (χ1) is 16.1. The van der Waals surface area contributed by atoms with Crippen molar-refractivity contribution in [1.82, 2.24) is 4.57 Å². The fraction of sp³-hybridized carbons (Fsp3) is 0.240. The third-order valence-electron chi connectivity index (χ3n) is 6.08. The third kappa shape index (κ3) is 3.99. The van der Waals surface area contributed by atoms with Crippen molar-refractivity contribution in [1.29, 1.82) is 0 Å². The number of halogens is 1. The monoisotopic (exact) mass is 537 g/mol. The van der Waals surface area contributed by atoms with Crippen LogP contribution in [0.4, 0.5) is 5.69 Å². The Morgan fingerprint density at radius 1 is 1.12 bits per heavy atom. The number of hydrogen-bond acceptors (Lipinski definition) is 6. The first-order valence-corrected chi connectivity index (χ1v) is 12.3. The molecule has 1 unspecified atom stereocenters. The van der Waals surface area contributed by atoms with Gasteiger partial charge >= 0.3 is 0 Å². The van der Waals surface area contributed by atoms with E-state index in [2.05, 4.69) is 29.8 Å². The van der Waals surface area contributed by atoms with Gasteiger partial charge in [0.05, 0.1) is 21.2 Å². The Morgan fingerprint density at radius 3 is 2.44 bits per heavy atom. The first-order valence-electron chi connectivity index (χ1n) is 10.7. The number of nitro groups is 1. The van der Waals surface area contributed by atoms with Crippen LogP contribution in [0.3, 0.4) is 0 Å². The van der Waals surface area contributed by atoms with Crippen LogP contribution in [0.2, 0.25) is 0 Å². The summed E-state index contributed by atoms with van der Waals surface area (Å²) in [5, 5.41) is 10.9. The molecule has 9 heteroatoms. The molecule has 2 aromatic carbocycles. The molecule has 0 radical (unpaired) electrons. The van der Waals surface area contributed by atoms with E-state index < -0.39 is 11.0 Å². The number of nitro benzene ring substituents is 1. The average molecular weight is 538 g/mol. The van der Waals surface area contributed by atoms with Gasteiger partial charge < -0.3 is 0 Å². The molecule has 0 saturated heterocycles. The number of allylic oxidation sites excluding steroid dienone is 2. The molecule has 34 heavy (non-hydrogen) atoms. The van der Waals surface area contributed by atoms with Crippen molar-refractivity contribution >= 4 is 44.8 Å². The topological polar surface area (TPSA) is 94.6 Å². The minimum Gasteiger partial charge on any atom is -0.294 e. The first kappa shape index (κ1) is 22.6. The van der Waals surface area contributed by atoms with Gasteiger partial charge in [-0.3, -0.25) is 24.3 Å². The molecule has 0 N–H and O–H groups in total. The number of fused-ring (bicyclic) bond motifs is 1. The Hall–Kier alpha value is -3.17. The van der Waals surface area contributed by atoms with Crippen LogP contribution >= 0.6 is 27.3 Å². The number of benzene rings is 2. The Balaban J connectivity index is 1.72. The lowest BCUT2D eigenvalue weighted by Gasteiger charge is -2.35. The number of hydrogen-bond donors (Lipinski definition) is 0. The summed E-state index contributed by atoms with van der Waals surface area (Å²) in [5.41, 5.74) is 2.42. The molecule has 0 amide bonds. The fourth-order valence-corrected chi connectivity index (χ4v) is 5.84. The van der Waals surface area contributed by atoms with E-state index in [1.807, 2.05) is 24.3 Å². The van der Waals surface area contributed by atoms with Crippen molar-refractivity contribution in [3.05, 3.63) is 105 Å². The number of Topliss-reactive ketones (excluding diaryl/α,β-unsaturated/α-hetero) is 1. The fourth-order valence-electron chi connectivity index (χ4n) is 4.55. The van der Waals surface area contributed by atoms with Crippen LogP contribution in [0, 0.1) is 15.5 Å². The van der Waals surface area contributed by atoms with E-state index in [1.54, 1.807) is 22.8 Å². The SMILES string of the molecule is CC1(C)CC(=O)C2=C(C1)N=c1sc(=Cc3ccc([N+](=O)[O-])cc3)c(=O)n1C2c1ccc(Br)cc1. The molecule has 7 nitrogen and oxygen atoms in total. The summed E-state index contributed by atoms with van der Waals surface area (Å²) in [6.45, 7) is 4.12. The van der Waals surface area contributed by atoms with Gasteiger partial charge in [0, 0.05) is 28.6 Å². The van der Waals surface area contributed by atoms with Crippen LogP contribution in [0.1, 0.15) is 43.9 Å². The van der Waals surface area contributed by atoms with Gasteiger partial charge in [-0.1, -0.05) is 53.2 Å². The molecule has 1 atom stereocenters. The largest absolute Gasteiger partial charge is 0.294 e. The summed E-state index contributed by atoms with van der Waals surface area (Å²) in [6.07, 6.45) is 2.78. The van der Waals surface area contributed by atoms with Gasteiger partial charge in [0.1, 0.15) is 0 Å². The van der Waals surface area contributed by atoms with E-state index in [0.717, 1.165) is 15.7 Å². The second-order valence-corrected chi connectivity index (χ2v) is 11.2. The molecule has 3 aromatic rings. The van der Waals surface area contributed by atoms with E-state index >= 15 is 0 Å². The number of ketones is 1. The summed E-state index contributed by atoms with van der Waals surface area (Å²) in [5.74, 6) is 0.0209. The predicted octanol–water partition coefficient (Wildman–Crippen LogP) is 4.28. The minimum atomic E-state index is -0.540. The highest BCUT2D eigenvalue weighted by atomic mass is 79.9. The maximum atomic E-state index is 13.6. The lowest BCUT2D eigenvalue weighted by molar-refractivity contribution is -0.384. The van der Waals surface area contributed by atoms with Crippen molar-refractivity contribution in [3.8, 4) is 0 Å². The summed E-state index contributed by atoms with van der Waals surface area (Å²) in [7, 11) is 0. The lowest BCUT2D eigenvalue weighted by atomic mass is 9.73. The normalized spacial score (nSPS) is 19.4. The molecule has 0 fully saturated rings. The van der Waals surface area contributed by atoms with E-state index in [9.17, 15) is 19.7 Å². The molecule has 0 saturated carbocycles. The smallest absolute Gasteiger partial charge is 0.271 e. The van der Waals surface area contributed by atoms with E-state index in [-0.39, 0.29) is 22.4 Å². The van der Waals surface area contributed by atoms with E-state index in [0.29, 0.717) is 33.3 Å². The number of carbonyl (C=O) groups is 1. The Bertz CT molecular complexity index is 1550. The summed E-state index contributed by atoms with van der Waals surface area (Å²) < 4.78 is 2.98. The van der Waals surface area contributed by atoms with Crippen LogP contribution in [0.25, 0.3) is 6.08 Å². The van der Waals surface area contributed by atoms with Crippen LogP contribution in [-0.4, -0.2) is 15.3 Å². The van der Waals surface area contributed by atoms with Gasteiger partial charge in [0.25, 0.3) is 11.2 Å². The molecule has 172 valence electrons. The summed E-state index contributed by atoms with van der Waals surface area (Å²) >= 11 is 4.72. The zero-order valence-corrected chi connectivity index (χ0v) is 20.9. The van der Waals surface area contributed by atoms with Crippen molar-refractivity contribution in [3.63, 3.8) is 0 Å². The highest BCUT2D eigenvalue weighted by molar-refractivity contribution is 9.10. The van der Waals surface area contributed by atoms with Crippen molar-refractivity contribution < 1.29 is 9.72 Å². The van der Waals surface area contributed by atoms with Gasteiger partial charge in [0.15, 0.2) is 10.6 Å². The maximum Gasteiger partial charge on any atom is 0.271 e. The predicted molar refractivity (Wildman–Crippen MR) is 133 cm³/mol. The maximum absolute atomic E-state index is 13.6. The molecular weight excluding hydrogens is 518 g/mol. The van der Waals surface area contributed by atoms with Crippen LogP contribution in [-0.2, 0) is 4.79 Å². The zero-order chi connectivity index (χ0) is 24.2. The second kappa shape index (κ2) is 8.25. The lowest BCUT2D eigenvalue weighted by Crippen LogP contribution is -2.42. The molecule has 2 aliphatic rings. The van der Waals surface area contributed by atoms with Crippen molar-refractivity contribution in [2.75, 3.05) is 0 Å². The molecular formula is C25H20BrN3O4S. The molecule has 1 aliphatic carbocycles. The standard InChI is InChI=1S/C25H20BrN3O4S/c1-25(2)12-18-21(19(30)13-25)22(15-5-7-16(26)8-6-15)28-23(31)20(34-24(28)27-18)11-14-3-9-17(10-4-14)29(32)33/h3-11,22H,12-13H2,1-2H3. The quantitative estimate of drug-likeness (QED) is 0.368.